The summed E-state index contributed by atoms with van der Waals surface area (Å²) >= 11 is 0. The Morgan fingerprint density at radius 3 is 2.29 bits per heavy atom. The summed E-state index contributed by atoms with van der Waals surface area (Å²) in [5.41, 5.74) is 5.43. The van der Waals surface area contributed by atoms with Crippen LogP contribution in [0, 0.1) is 0 Å². The van der Waals surface area contributed by atoms with Crippen LogP contribution in [0.1, 0.15) is 28.9 Å². The third kappa shape index (κ3) is 2.93. The summed E-state index contributed by atoms with van der Waals surface area (Å²) in [7, 11) is 0. The van der Waals surface area contributed by atoms with E-state index in [0.717, 1.165) is 52.6 Å². The molecule has 4 nitrogen and oxygen atoms in total. The number of ketones is 1. The fourth-order valence-electron chi connectivity index (χ4n) is 3.72. The Labute approximate surface area is 163 Å². The number of para-hydroxylation sites is 1. The molecule has 2 heterocycles. The molecule has 136 valence electrons. The zero-order valence-corrected chi connectivity index (χ0v) is 15.4. The van der Waals surface area contributed by atoms with Crippen molar-refractivity contribution in [3.05, 3.63) is 90.3 Å². The molecule has 2 aromatic carbocycles. The molecule has 1 aliphatic carbocycles. The number of hydrogen-bond acceptors (Lipinski definition) is 3. The minimum Gasteiger partial charge on any atom is -0.298 e. The van der Waals surface area contributed by atoms with Gasteiger partial charge >= 0.3 is 0 Å². The summed E-state index contributed by atoms with van der Waals surface area (Å²) in [6.07, 6.45) is 4.37. The van der Waals surface area contributed by atoms with Gasteiger partial charge < -0.3 is 0 Å². The van der Waals surface area contributed by atoms with Crippen molar-refractivity contribution in [1.29, 1.82) is 0 Å². The summed E-state index contributed by atoms with van der Waals surface area (Å²) < 4.78 is 2.07. The van der Waals surface area contributed by atoms with Crippen LogP contribution in [0.15, 0.2) is 79.0 Å². The van der Waals surface area contributed by atoms with Gasteiger partial charge in [0.15, 0.2) is 11.6 Å². The second-order valence-electron chi connectivity index (χ2n) is 6.99. The van der Waals surface area contributed by atoms with Gasteiger partial charge in [0.05, 0.1) is 11.4 Å². The summed E-state index contributed by atoms with van der Waals surface area (Å²) in [6.45, 7) is 0. The number of nitrogens with zero attached hydrogens (tertiary/aromatic N) is 3. The number of imidazole rings is 1. The zero-order chi connectivity index (χ0) is 18.9. The van der Waals surface area contributed by atoms with E-state index < -0.39 is 0 Å². The third-order valence-electron chi connectivity index (χ3n) is 5.13. The minimum absolute atomic E-state index is 0.191. The second-order valence-corrected chi connectivity index (χ2v) is 6.99. The third-order valence-corrected chi connectivity index (χ3v) is 5.13. The molecule has 0 saturated heterocycles. The normalized spacial score (nSPS) is 13.4. The van der Waals surface area contributed by atoms with Gasteiger partial charge in [0.25, 0.3) is 0 Å². The minimum atomic E-state index is 0.191. The topological polar surface area (TPSA) is 47.8 Å². The summed E-state index contributed by atoms with van der Waals surface area (Å²) in [4.78, 5) is 21.9. The van der Waals surface area contributed by atoms with Crippen molar-refractivity contribution >= 4 is 5.78 Å². The molecule has 0 radical (unpaired) electrons. The molecule has 0 bridgehead atoms. The number of carbonyl (C=O) groups is 1. The van der Waals surface area contributed by atoms with Gasteiger partial charge in [0, 0.05) is 29.4 Å². The lowest BCUT2D eigenvalue weighted by molar-refractivity contribution is 0.0971. The van der Waals surface area contributed by atoms with Crippen LogP contribution in [0.5, 0.6) is 0 Å². The number of benzene rings is 2. The fraction of sp³-hybridized carbons (Fsp3) is 0.125. The van der Waals surface area contributed by atoms with Crippen LogP contribution in [0.2, 0.25) is 0 Å². The highest BCUT2D eigenvalue weighted by molar-refractivity contribution is 5.98. The van der Waals surface area contributed by atoms with Crippen LogP contribution in [0.3, 0.4) is 0 Å². The molecule has 0 unspecified atom stereocenters. The molecule has 28 heavy (non-hydrogen) atoms. The van der Waals surface area contributed by atoms with Gasteiger partial charge in [-0.2, -0.15) is 0 Å². The predicted octanol–water partition coefficient (Wildman–Crippen LogP) is 5.12. The molecule has 0 aliphatic heterocycles. The average Bonchev–Trinajstić information content (AvgIpc) is 3.21. The van der Waals surface area contributed by atoms with Crippen molar-refractivity contribution in [2.24, 2.45) is 0 Å². The number of Topliss-reactive ketones (excluding diaryl/α,β-unsaturated/α-hetero) is 1. The smallest absolute Gasteiger partial charge is 0.164 e. The molecular formula is C24H19N3O. The summed E-state index contributed by atoms with van der Waals surface area (Å²) in [5.74, 6) is 0.975. The maximum atomic E-state index is 12.2. The highest BCUT2D eigenvalue weighted by Gasteiger charge is 2.21. The molecule has 0 N–H and O–H groups in total. The number of pyridine rings is 1. The molecule has 0 amide bonds. The van der Waals surface area contributed by atoms with Crippen LogP contribution < -0.4 is 0 Å². The number of carbonyl (C=O) groups excluding carboxylic acids is 1. The van der Waals surface area contributed by atoms with E-state index in [1.54, 1.807) is 0 Å². The lowest BCUT2D eigenvalue weighted by Gasteiger charge is -2.15. The van der Waals surface area contributed by atoms with Crippen molar-refractivity contribution in [2.75, 3.05) is 0 Å². The number of hydrogen-bond donors (Lipinski definition) is 0. The molecule has 4 heteroatoms. The highest BCUT2D eigenvalue weighted by Crippen LogP contribution is 2.29. The Hall–Kier alpha value is -3.53. The van der Waals surface area contributed by atoms with E-state index in [-0.39, 0.29) is 5.78 Å². The van der Waals surface area contributed by atoms with Crippen molar-refractivity contribution in [3.63, 3.8) is 0 Å². The second kappa shape index (κ2) is 6.89. The molecular weight excluding hydrogens is 346 g/mol. The summed E-state index contributed by atoms with van der Waals surface area (Å²) in [5, 5.41) is 0. The Kier molecular flexibility index (Phi) is 4.09. The first-order chi connectivity index (χ1) is 13.8. The first-order valence-electron chi connectivity index (χ1n) is 9.53. The van der Waals surface area contributed by atoms with E-state index in [0.29, 0.717) is 6.42 Å². The number of rotatable bonds is 3. The molecule has 2 aromatic heterocycles. The van der Waals surface area contributed by atoms with Gasteiger partial charge in [-0.3, -0.25) is 9.36 Å². The molecule has 0 atom stereocenters. The molecule has 4 aromatic rings. The molecule has 0 fully saturated rings. The monoisotopic (exact) mass is 365 g/mol. The van der Waals surface area contributed by atoms with Crippen molar-refractivity contribution in [1.82, 2.24) is 14.5 Å². The quantitative estimate of drug-likeness (QED) is 0.506. The molecule has 1 aliphatic rings. The van der Waals surface area contributed by atoms with E-state index >= 15 is 0 Å². The number of aryl methyl sites for hydroxylation is 1. The SMILES string of the molecule is O=C1CCCc2nc(-c3nc(-c4ccccc4)cn3-c3ccccc3)ccc21. The Bertz CT molecular complexity index is 1150. The lowest BCUT2D eigenvalue weighted by atomic mass is 9.94. The van der Waals surface area contributed by atoms with Gasteiger partial charge in [-0.25, -0.2) is 9.97 Å². The average molecular weight is 365 g/mol. The Balaban J connectivity index is 1.68. The van der Waals surface area contributed by atoms with Gasteiger partial charge in [0.2, 0.25) is 0 Å². The fourth-order valence-corrected chi connectivity index (χ4v) is 3.72. The van der Waals surface area contributed by atoms with Crippen LogP contribution in [-0.4, -0.2) is 20.3 Å². The van der Waals surface area contributed by atoms with Crippen molar-refractivity contribution in [3.8, 4) is 28.5 Å². The Morgan fingerprint density at radius 1 is 0.750 bits per heavy atom. The number of fused-ring (bicyclic) bond motifs is 1. The summed E-state index contributed by atoms with van der Waals surface area (Å²) in [6, 6.07) is 24.1. The van der Waals surface area contributed by atoms with Gasteiger partial charge in [-0.05, 0) is 37.1 Å². The number of aromatic nitrogens is 3. The van der Waals surface area contributed by atoms with Gasteiger partial charge in [-0.15, -0.1) is 0 Å². The first-order valence-corrected chi connectivity index (χ1v) is 9.53. The first kappa shape index (κ1) is 16.6. The highest BCUT2D eigenvalue weighted by atomic mass is 16.1. The van der Waals surface area contributed by atoms with Crippen molar-refractivity contribution in [2.45, 2.75) is 19.3 Å². The maximum absolute atomic E-state index is 12.2. The Morgan fingerprint density at radius 2 is 1.50 bits per heavy atom. The van der Waals surface area contributed by atoms with Gasteiger partial charge in [-0.1, -0.05) is 48.5 Å². The van der Waals surface area contributed by atoms with Crippen molar-refractivity contribution < 1.29 is 4.79 Å². The maximum Gasteiger partial charge on any atom is 0.164 e. The van der Waals surface area contributed by atoms with E-state index in [1.807, 2.05) is 54.7 Å². The van der Waals surface area contributed by atoms with Crippen LogP contribution in [0.4, 0.5) is 0 Å². The van der Waals surface area contributed by atoms with Crippen LogP contribution in [0.25, 0.3) is 28.5 Å². The molecule has 0 saturated carbocycles. The standard InChI is InChI=1S/C24H19N3O/c28-23-13-7-12-20-19(23)14-15-21(25-20)24-26-22(17-8-3-1-4-9-17)16-27(24)18-10-5-2-6-11-18/h1-6,8-11,14-16H,7,12-13H2. The van der Waals surface area contributed by atoms with E-state index in [2.05, 4.69) is 28.8 Å². The van der Waals surface area contributed by atoms with E-state index in [4.69, 9.17) is 9.97 Å². The lowest BCUT2D eigenvalue weighted by Crippen LogP contribution is -2.13. The van der Waals surface area contributed by atoms with Gasteiger partial charge in [0.1, 0.15) is 5.69 Å². The zero-order valence-electron chi connectivity index (χ0n) is 15.4. The van der Waals surface area contributed by atoms with Crippen LogP contribution >= 0.6 is 0 Å². The van der Waals surface area contributed by atoms with Crippen LogP contribution in [-0.2, 0) is 6.42 Å². The molecule has 5 rings (SSSR count). The van der Waals surface area contributed by atoms with E-state index in [1.165, 1.54) is 0 Å². The molecule has 0 spiro atoms. The predicted molar refractivity (Wildman–Crippen MR) is 109 cm³/mol. The largest absolute Gasteiger partial charge is 0.298 e. The van der Waals surface area contributed by atoms with E-state index in [9.17, 15) is 4.79 Å².